The maximum Gasteiger partial charge on any atom is 0.292 e. The van der Waals surface area contributed by atoms with Gasteiger partial charge < -0.3 is 19.4 Å². The molecular formula is C21H35NO7S. The first-order chi connectivity index (χ1) is 13.6. The van der Waals surface area contributed by atoms with Gasteiger partial charge in [0.15, 0.2) is 25.0 Å². The highest BCUT2D eigenvalue weighted by atomic mass is 32.2. The number of hydrogen-bond acceptors (Lipinski definition) is 6. The van der Waals surface area contributed by atoms with Crippen molar-refractivity contribution in [3.8, 4) is 5.75 Å². The Morgan fingerprint density at radius 1 is 1.10 bits per heavy atom. The molecule has 0 heterocycles. The van der Waals surface area contributed by atoms with E-state index in [1.54, 1.807) is 7.11 Å². The van der Waals surface area contributed by atoms with Crippen LogP contribution in [0.5, 0.6) is 5.75 Å². The van der Waals surface area contributed by atoms with E-state index in [1.807, 2.05) is 12.1 Å². The van der Waals surface area contributed by atoms with Crippen LogP contribution in [0.2, 0.25) is 0 Å². The summed E-state index contributed by atoms with van der Waals surface area (Å²) in [6.45, 7) is 12.3. The Kier molecular flexibility index (Phi) is 8.86. The molecule has 1 unspecified atom stereocenters. The molecule has 0 aromatic heterocycles. The summed E-state index contributed by atoms with van der Waals surface area (Å²) in [6, 6.07) is 3.78. The van der Waals surface area contributed by atoms with E-state index in [4.69, 9.17) is 18.8 Å². The van der Waals surface area contributed by atoms with Gasteiger partial charge in [-0.1, -0.05) is 41.5 Å². The van der Waals surface area contributed by atoms with Crippen molar-refractivity contribution in [1.29, 1.82) is 0 Å². The summed E-state index contributed by atoms with van der Waals surface area (Å²) in [4.78, 5) is 0. The van der Waals surface area contributed by atoms with Crippen molar-refractivity contribution in [2.24, 2.45) is 0 Å². The molecule has 0 saturated heterocycles. The first-order valence-corrected chi connectivity index (χ1v) is 11.2. The predicted octanol–water partition coefficient (Wildman–Crippen LogP) is 3.44. The molecule has 0 saturated carbocycles. The monoisotopic (exact) mass is 445 g/mol. The molecule has 0 bridgehead atoms. The summed E-state index contributed by atoms with van der Waals surface area (Å²) in [6.07, 6.45) is 1.24. The Hall–Kier alpha value is -1.68. The maximum atomic E-state index is 12.4. The molecule has 0 radical (unpaired) electrons. The number of ether oxygens (including phenoxy) is 3. The van der Waals surface area contributed by atoms with Gasteiger partial charge in [-0.05, 0) is 23.0 Å². The summed E-state index contributed by atoms with van der Waals surface area (Å²) in [7, 11) is -1.65. The van der Waals surface area contributed by atoms with Crippen molar-refractivity contribution in [1.82, 2.24) is 0 Å². The summed E-state index contributed by atoms with van der Waals surface area (Å²) in [5, 5.41) is 12.4. The summed E-state index contributed by atoms with van der Waals surface area (Å²) in [5.74, 6) is 0.734. The van der Waals surface area contributed by atoms with Crippen LogP contribution in [-0.4, -0.2) is 56.9 Å². The fraction of sp³-hybridized carbons (Fsp3) is 0.667. The molecule has 0 aliphatic heterocycles. The van der Waals surface area contributed by atoms with Crippen LogP contribution in [0.1, 0.15) is 64.7 Å². The van der Waals surface area contributed by atoms with Crippen molar-refractivity contribution in [2.75, 3.05) is 27.6 Å². The predicted molar refractivity (Wildman–Crippen MR) is 117 cm³/mol. The van der Waals surface area contributed by atoms with Gasteiger partial charge in [-0.25, -0.2) is 4.74 Å². The van der Waals surface area contributed by atoms with Gasteiger partial charge in [-0.2, -0.15) is 8.42 Å². The van der Waals surface area contributed by atoms with Crippen LogP contribution in [0.25, 0.3) is 0 Å². The second-order valence-corrected chi connectivity index (χ2v) is 10.8. The molecule has 0 aliphatic carbocycles. The van der Waals surface area contributed by atoms with E-state index >= 15 is 0 Å². The third-order valence-corrected chi connectivity index (χ3v) is 5.61. The lowest BCUT2D eigenvalue weighted by Gasteiger charge is -2.30. The van der Waals surface area contributed by atoms with Crippen LogP contribution in [0.4, 0.5) is 0 Å². The third-order valence-electron chi connectivity index (χ3n) is 4.52. The molecule has 1 N–H and O–H groups in total. The average Bonchev–Trinajstić information content (AvgIpc) is 2.57. The number of hydrogen-bond donors (Lipinski definition) is 1. The van der Waals surface area contributed by atoms with Gasteiger partial charge in [0, 0.05) is 30.9 Å². The van der Waals surface area contributed by atoms with Gasteiger partial charge in [-0.3, -0.25) is 4.55 Å². The molecule has 172 valence electrons. The SMILES string of the molecule is COCOc1c(C(C)(C)C)cc(C=[N+]([O-])CCC(OC)S(=O)(=O)O)cc1C(C)(C)C. The molecule has 0 aliphatic rings. The Morgan fingerprint density at radius 2 is 1.60 bits per heavy atom. The third kappa shape index (κ3) is 7.54. The van der Waals surface area contributed by atoms with Crippen molar-refractivity contribution in [3.05, 3.63) is 34.0 Å². The second-order valence-electron chi connectivity index (χ2n) is 9.23. The zero-order chi connectivity index (χ0) is 23.3. The highest BCUT2D eigenvalue weighted by Gasteiger charge is 2.28. The van der Waals surface area contributed by atoms with Gasteiger partial charge in [-0.15, -0.1) is 0 Å². The molecule has 0 fully saturated rings. The number of rotatable bonds is 9. The van der Waals surface area contributed by atoms with Crippen molar-refractivity contribution in [2.45, 2.75) is 64.2 Å². The zero-order valence-corrected chi connectivity index (χ0v) is 20.0. The highest BCUT2D eigenvalue weighted by Crippen LogP contribution is 2.40. The van der Waals surface area contributed by atoms with Crippen LogP contribution in [-0.2, 0) is 30.4 Å². The Morgan fingerprint density at radius 3 is 1.97 bits per heavy atom. The number of benzene rings is 1. The van der Waals surface area contributed by atoms with Crippen molar-refractivity contribution >= 4 is 16.3 Å². The number of nitrogens with zero attached hydrogens (tertiary/aromatic N) is 1. The fourth-order valence-corrected chi connectivity index (χ4v) is 3.61. The average molecular weight is 446 g/mol. The molecule has 1 rings (SSSR count). The van der Waals surface area contributed by atoms with Crippen molar-refractivity contribution < 1.29 is 31.9 Å². The standard InChI is InChI=1S/C21H35NO7S/c1-20(2,3)16-11-15(12-17(21(4,5)6)19(16)29-14-27-7)13-22(23)10-9-18(28-8)30(24,25)26/h11-13,18H,9-10,14H2,1-8H3,(H,24,25,26). The summed E-state index contributed by atoms with van der Waals surface area (Å²) >= 11 is 0. The van der Waals surface area contributed by atoms with E-state index in [-0.39, 0.29) is 30.6 Å². The van der Waals surface area contributed by atoms with Gasteiger partial charge in [0.1, 0.15) is 5.75 Å². The maximum absolute atomic E-state index is 12.4. The normalized spacial score (nSPS) is 14.6. The van der Waals surface area contributed by atoms with Crippen molar-refractivity contribution in [3.63, 3.8) is 0 Å². The van der Waals surface area contributed by atoms with Gasteiger partial charge in [0.05, 0.1) is 6.42 Å². The molecule has 1 aromatic rings. The van der Waals surface area contributed by atoms with E-state index in [1.165, 1.54) is 13.3 Å². The minimum absolute atomic E-state index is 0.108. The van der Waals surface area contributed by atoms with Gasteiger partial charge in [0.25, 0.3) is 10.1 Å². The van der Waals surface area contributed by atoms with Crippen LogP contribution in [0, 0.1) is 5.21 Å². The first-order valence-electron chi connectivity index (χ1n) is 9.69. The van der Waals surface area contributed by atoms with E-state index in [0.717, 1.165) is 16.9 Å². The van der Waals surface area contributed by atoms with E-state index in [9.17, 15) is 13.6 Å². The highest BCUT2D eigenvalue weighted by molar-refractivity contribution is 7.86. The van der Waals surface area contributed by atoms with E-state index < -0.39 is 15.6 Å². The Balaban J connectivity index is 3.41. The van der Waals surface area contributed by atoms with Crippen LogP contribution in [0.3, 0.4) is 0 Å². The van der Waals surface area contributed by atoms with E-state index in [2.05, 4.69) is 41.5 Å². The molecular weight excluding hydrogens is 410 g/mol. The fourth-order valence-electron chi connectivity index (χ4n) is 2.97. The molecule has 1 aromatic carbocycles. The lowest BCUT2D eigenvalue weighted by molar-refractivity contribution is -0.454. The lowest BCUT2D eigenvalue weighted by atomic mass is 9.78. The minimum Gasteiger partial charge on any atom is -0.624 e. The van der Waals surface area contributed by atoms with Gasteiger partial charge in [0.2, 0.25) is 0 Å². The van der Waals surface area contributed by atoms with Crippen LogP contribution in [0.15, 0.2) is 12.1 Å². The van der Waals surface area contributed by atoms with E-state index in [0.29, 0.717) is 10.3 Å². The smallest absolute Gasteiger partial charge is 0.292 e. The lowest BCUT2D eigenvalue weighted by Crippen LogP contribution is -2.26. The zero-order valence-electron chi connectivity index (χ0n) is 19.2. The Bertz CT molecular complexity index is 814. The number of methoxy groups -OCH3 is 2. The molecule has 8 nitrogen and oxygen atoms in total. The largest absolute Gasteiger partial charge is 0.624 e. The summed E-state index contributed by atoms with van der Waals surface area (Å²) < 4.78 is 48.0. The topological polar surface area (TPSA) is 108 Å². The first kappa shape index (κ1) is 26.4. The second kappa shape index (κ2) is 10.1. The molecule has 0 amide bonds. The minimum atomic E-state index is -4.38. The quantitative estimate of drug-likeness (QED) is 0.155. The van der Waals surface area contributed by atoms with Crippen LogP contribution < -0.4 is 4.74 Å². The summed E-state index contributed by atoms with van der Waals surface area (Å²) in [5.41, 5.74) is 0.575. The number of hydroxylamine groups is 1. The molecule has 1 atom stereocenters. The molecule has 0 spiro atoms. The molecule has 30 heavy (non-hydrogen) atoms. The Labute approximate surface area is 180 Å². The molecule has 9 heteroatoms. The van der Waals surface area contributed by atoms with Crippen LogP contribution >= 0.6 is 0 Å². The van der Waals surface area contributed by atoms with Gasteiger partial charge >= 0.3 is 0 Å².